The predicted molar refractivity (Wildman–Crippen MR) is 128 cm³/mol. The van der Waals surface area contributed by atoms with Crippen LogP contribution in [0.2, 0.25) is 0 Å². The molecule has 37 heavy (non-hydrogen) atoms. The third kappa shape index (κ3) is 5.07. The minimum Gasteiger partial charge on any atom is -0.426 e. The largest absolute Gasteiger partial charge is 0.429 e. The molecular weight excluding hydrogens is 497 g/mol. The van der Waals surface area contributed by atoms with Gasteiger partial charge in [-0.25, -0.2) is 22.0 Å². The Morgan fingerprint density at radius 2 is 1.41 bits per heavy atom. The monoisotopic (exact) mass is 524 g/mol. The molecule has 1 aliphatic carbocycles. The normalized spacial score (nSPS) is 16.9. The first-order chi connectivity index (χ1) is 17.6. The summed E-state index contributed by atoms with van der Waals surface area (Å²) < 4.78 is 109. The van der Waals surface area contributed by atoms with E-state index in [2.05, 4.69) is 4.74 Å². The van der Waals surface area contributed by atoms with E-state index in [0.717, 1.165) is 43.5 Å². The Bertz CT molecular complexity index is 1290. The third-order valence-electron chi connectivity index (χ3n) is 6.68. The Morgan fingerprint density at radius 1 is 0.757 bits per heavy atom. The van der Waals surface area contributed by atoms with Crippen molar-refractivity contribution in [2.45, 2.75) is 70.8 Å². The number of ether oxygens (including phenoxy) is 1. The van der Waals surface area contributed by atoms with Gasteiger partial charge in [-0.05, 0) is 59.7 Å². The minimum atomic E-state index is -4.30. The molecule has 0 amide bonds. The number of aryl methyl sites for hydroxylation is 2. The fraction of sp³-hybridized carbons (Fsp3) is 0.379. The summed E-state index contributed by atoms with van der Waals surface area (Å²) in [6, 6.07) is 7.88. The number of benzene rings is 3. The number of alkyl halides is 4. The lowest BCUT2D eigenvalue weighted by Crippen LogP contribution is -2.25. The van der Waals surface area contributed by atoms with Crippen LogP contribution in [0.5, 0.6) is 5.75 Å². The maximum atomic E-state index is 15.3. The van der Waals surface area contributed by atoms with Crippen LogP contribution in [0.15, 0.2) is 42.5 Å². The van der Waals surface area contributed by atoms with Gasteiger partial charge in [0.25, 0.3) is 0 Å². The first kappa shape index (κ1) is 27.0. The number of hydrogen-bond acceptors (Lipinski definition) is 1. The molecule has 2 atom stereocenters. The Balaban J connectivity index is 1.68. The summed E-state index contributed by atoms with van der Waals surface area (Å²) in [5.74, 6) is -4.75. The van der Waals surface area contributed by atoms with Crippen molar-refractivity contribution in [3.05, 3.63) is 87.7 Å². The molecule has 0 radical (unpaired) electrons. The van der Waals surface area contributed by atoms with E-state index in [9.17, 15) is 17.6 Å². The van der Waals surface area contributed by atoms with E-state index in [4.69, 9.17) is 0 Å². The summed E-state index contributed by atoms with van der Waals surface area (Å²) in [5, 5.41) is 0. The van der Waals surface area contributed by atoms with Crippen LogP contribution in [-0.2, 0) is 19.0 Å². The van der Waals surface area contributed by atoms with Crippen LogP contribution in [0.1, 0.15) is 79.7 Å². The smallest absolute Gasteiger partial charge is 0.426 e. The van der Waals surface area contributed by atoms with Crippen LogP contribution in [0, 0.1) is 17.5 Å². The molecule has 0 bridgehead atoms. The summed E-state index contributed by atoms with van der Waals surface area (Å²) in [7, 11) is 0. The first-order valence-corrected chi connectivity index (χ1v) is 12.4. The standard InChI is InChI=1S/C29H27F7O/c1-3-5-6-8-16-9-13-20(21(30)15-16)29(35,36)37-22-14-12-19-18-11-10-17(7-4-2)25(31)23(18)27(33)28(34)24(19)26(22)32/h9-15,27-28H,3-8H2,1-2H3. The quantitative estimate of drug-likeness (QED) is 0.200. The van der Waals surface area contributed by atoms with Crippen LogP contribution in [0.3, 0.4) is 0 Å². The average molecular weight is 525 g/mol. The molecule has 0 heterocycles. The molecule has 0 saturated carbocycles. The molecule has 0 spiro atoms. The topological polar surface area (TPSA) is 9.23 Å². The summed E-state index contributed by atoms with van der Waals surface area (Å²) in [4.78, 5) is 0. The van der Waals surface area contributed by atoms with Crippen LogP contribution < -0.4 is 4.74 Å². The third-order valence-corrected chi connectivity index (χ3v) is 6.68. The Morgan fingerprint density at radius 3 is 2.03 bits per heavy atom. The van der Waals surface area contributed by atoms with Crippen molar-refractivity contribution >= 4 is 0 Å². The highest BCUT2D eigenvalue weighted by molar-refractivity contribution is 5.76. The number of unbranched alkanes of at least 4 members (excludes halogenated alkanes) is 2. The lowest BCUT2D eigenvalue weighted by molar-refractivity contribution is -0.189. The highest BCUT2D eigenvalue weighted by Gasteiger charge is 2.42. The summed E-state index contributed by atoms with van der Waals surface area (Å²) in [6.45, 7) is 3.81. The number of fused-ring (bicyclic) bond motifs is 3. The van der Waals surface area contributed by atoms with E-state index in [1.54, 1.807) is 6.92 Å². The van der Waals surface area contributed by atoms with E-state index in [1.165, 1.54) is 18.2 Å². The van der Waals surface area contributed by atoms with Gasteiger partial charge in [0.2, 0.25) is 0 Å². The zero-order chi connectivity index (χ0) is 26.9. The molecule has 0 saturated heterocycles. The molecule has 2 unspecified atom stereocenters. The van der Waals surface area contributed by atoms with Crippen molar-refractivity contribution in [2.75, 3.05) is 0 Å². The van der Waals surface area contributed by atoms with Crippen LogP contribution in [0.4, 0.5) is 30.7 Å². The average Bonchev–Trinajstić information content (AvgIpc) is 2.85. The second-order valence-corrected chi connectivity index (χ2v) is 9.28. The van der Waals surface area contributed by atoms with Gasteiger partial charge in [-0.15, -0.1) is 0 Å². The van der Waals surface area contributed by atoms with Crippen molar-refractivity contribution in [3.8, 4) is 16.9 Å². The summed E-state index contributed by atoms with van der Waals surface area (Å²) in [5.41, 5.74) is -1.96. The van der Waals surface area contributed by atoms with Gasteiger partial charge in [0.15, 0.2) is 23.9 Å². The number of hydrogen-bond donors (Lipinski definition) is 0. The zero-order valence-corrected chi connectivity index (χ0v) is 20.5. The van der Waals surface area contributed by atoms with E-state index in [0.29, 0.717) is 24.8 Å². The van der Waals surface area contributed by atoms with Gasteiger partial charge < -0.3 is 4.74 Å². The summed E-state index contributed by atoms with van der Waals surface area (Å²) >= 11 is 0. The molecule has 3 aromatic rings. The Labute approximate surface area is 211 Å². The van der Waals surface area contributed by atoms with Crippen LogP contribution in [-0.4, -0.2) is 0 Å². The molecule has 0 N–H and O–H groups in total. The molecule has 4 rings (SSSR count). The van der Waals surface area contributed by atoms with Gasteiger partial charge in [-0.1, -0.05) is 57.4 Å². The van der Waals surface area contributed by atoms with E-state index in [-0.39, 0.29) is 16.7 Å². The van der Waals surface area contributed by atoms with Crippen molar-refractivity contribution < 1.29 is 35.5 Å². The Kier molecular flexibility index (Phi) is 7.85. The second-order valence-electron chi connectivity index (χ2n) is 9.28. The molecule has 3 aromatic carbocycles. The van der Waals surface area contributed by atoms with Crippen molar-refractivity contribution in [1.82, 2.24) is 0 Å². The highest BCUT2D eigenvalue weighted by atomic mass is 19.3. The van der Waals surface area contributed by atoms with Crippen molar-refractivity contribution in [1.29, 1.82) is 0 Å². The predicted octanol–water partition coefficient (Wildman–Crippen LogP) is 9.62. The molecule has 198 valence electrons. The number of rotatable bonds is 9. The van der Waals surface area contributed by atoms with E-state index < -0.39 is 58.3 Å². The second kappa shape index (κ2) is 10.8. The van der Waals surface area contributed by atoms with Gasteiger partial charge in [-0.3, -0.25) is 0 Å². The van der Waals surface area contributed by atoms with Crippen LogP contribution >= 0.6 is 0 Å². The van der Waals surface area contributed by atoms with Crippen LogP contribution in [0.25, 0.3) is 11.1 Å². The molecule has 1 aliphatic rings. The van der Waals surface area contributed by atoms with Gasteiger partial charge >= 0.3 is 6.11 Å². The number of halogens is 7. The fourth-order valence-electron chi connectivity index (χ4n) is 4.78. The highest BCUT2D eigenvalue weighted by Crippen LogP contribution is 2.52. The fourth-order valence-corrected chi connectivity index (χ4v) is 4.78. The molecule has 0 aliphatic heterocycles. The van der Waals surface area contributed by atoms with Gasteiger partial charge in [0.1, 0.15) is 11.6 Å². The van der Waals surface area contributed by atoms with Gasteiger partial charge in [0.05, 0.1) is 5.56 Å². The Hall–Kier alpha value is -3.03. The maximum Gasteiger partial charge on any atom is 0.429 e. The lowest BCUT2D eigenvalue weighted by Gasteiger charge is -2.29. The van der Waals surface area contributed by atoms with Crippen molar-refractivity contribution in [2.24, 2.45) is 0 Å². The molecule has 0 fully saturated rings. The first-order valence-electron chi connectivity index (χ1n) is 12.4. The lowest BCUT2D eigenvalue weighted by atomic mass is 9.81. The summed E-state index contributed by atoms with van der Waals surface area (Å²) in [6.07, 6.45) is -5.45. The molecule has 1 nitrogen and oxygen atoms in total. The van der Waals surface area contributed by atoms with E-state index >= 15 is 13.2 Å². The molecule has 8 heteroatoms. The molecule has 0 aromatic heterocycles. The maximum absolute atomic E-state index is 15.3. The van der Waals surface area contributed by atoms with E-state index in [1.807, 2.05) is 6.92 Å². The zero-order valence-electron chi connectivity index (χ0n) is 20.5. The van der Waals surface area contributed by atoms with Crippen molar-refractivity contribution in [3.63, 3.8) is 0 Å². The van der Waals surface area contributed by atoms with Gasteiger partial charge in [-0.2, -0.15) is 8.78 Å². The van der Waals surface area contributed by atoms with Gasteiger partial charge in [0, 0.05) is 11.1 Å². The minimum absolute atomic E-state index is 0.0596. The molecular formula is C29H27F7O. The SMILES string of the molecule is CCCCCc1ccc(C(F)(F)Oc2ccc3c(c2F)C(F)C(F)c2c-3ccc(CCC)c2F)c(F)c1.